The Morgan fingerprint density at radius 2 is 1.63 bits per heavy atom. The summed E-state index contributed by atoms with van der Waals surface area (Å²) in [6.07, 6.45) is 2.90. The Morgan fingerprint density at radius 3 is 2.19 bits per heavy atom. The Kier molecular flexibility index (Phi) is 5.24. The molecule has 0 aromatic heterocycles. The topological polar surface area (TPSA) is 30.5 Å². The number of nitrogens with one attached hydrogen (secondary N) is 1. The molecule has 0 saturated carbocycles. The highest BCUT2D eigenvalue weighted by Gasteiger charge is 2.34. The molecule has 0 amide bonds. The SMILES string of the molecule is CC1(Cc2ccc(OCc3cc(F)cc(F)c3)cc2)C=C(C(C)(C)C)ON1. The van der Waals surface area contributed by atoms with Crippen molar-refractivity contribution in [2.24, 2.45) is 5.41 Å². The Morgan fingerprint density at radius 1 is 1.00 bits per heavy atom. The van der Waals surface area contributed by atoms with E-state index < -0.39 is 11.6 Å². The van der Waals surface area contributed by atoms with E-state index in [0.717, 1.165) is 23.8 Å². The molecular formula is C22H25F2NO2. The lowest BCUT2D eigenvalue weighted by atomic mass is 9.88. The lowest BCUT2D eigenvalue weighted by molar-refractivity contribution is 0.0557. The summed E-state index contributed by atoms with van der Waals surface area (Å²) in [6.45, 7) is 8.54. The standard InChI is InChI=1S/C22H25F2NO2/c1-21(2,3)20-13-22(4,25-27-20)12-15-5-7-19(8-6-15)26-14-16-9-17(23)11-18(24)10-16/h5-11,13,25H,12,14H2,1-4H3. The number of rotatable bonds is 5. The van der Waals surface area contributed by atoms with Gasteiger partial charge < -0.3 is 9.57 Å². The maximum atomic E-state index is 13.2. The zero-order chi connectivity index (χ0) is 19.7. The third-order valence-corrected chi connectivity index (χ3v) is 4.41. The summed E-state index contributed by atoms with van der Waals surface area (Å²) in [6, 6.07) is 11.1. The highest BCUT2D eigenvalue weighted by molar-refractivity contribution is 5.31. The van der Waals surface area contributed by atoms with Gasteiger partial charge in [0.1, 0.15) is 29.8 Å². The van der Waals surface area contributed by atoms with E-state index in [2.05, 4.69) is 39.3 Å². The summed E-state index contributed by atoms with van der Waals surface area (Å²) in [5.74, 6) is 0.375. The molecule has 0 aliphatic carbocycles. The summed E-state index contributed by atoms with van der Waals surface area (Å²) >= 11 is 0. The van der Waals surface area contributed by atoms with Crippen molar-refractivity contribution in [3.8, 4) is 5.75 Å². The van der Waals surface area contributed by atoms with Crippen LogP contribution in [0.4, 0.5) is 8.78 Å². The summed E-state index contributed by atoms with van der Waals surface area (Å²) in [5, 5.41) is 0. The van der Waals surface area contributed by atoms with Gasteiger partial charge in [0, 0.05) is 11.5 Å². The smallest absolute Gasteiger partial charge is 0.127 e. The van der Waals surface area contributed by atoms with Crippen LogP contribution in [0.5, 0.6) is 5.75 Å². The van der Waals surface area contributed by atoms with Crippen molar-refractivity contribution in [1.29, 1.82) is 0 Å². The van der Waals surface area contributed by atoms with E-state index in [9.17, 15) is 8.78 Å². The second kappa shape index (κ2) is 7.31. The average Bonchev–Trinajstić information content (AvgIpc) is 2.96. The normalized spacial score (nSPS) is 19.6. The molecule has 0 bridgehead atoms. The van der Waals surface area contributed by atoms with Gasteiger partial charge in [-0.3, -0.25) is 0 Å². The monoisotopic (exact) mass is 373 g/mol. The first-order chi connectivity index (χ1) is 12.6. The van der Waals surface area contributed by atoms with Crippen molar-refractivity contribution in [2.45, 2.75) is 46.3 Å². The Balaban J connectivity index is 1.61. The van der Waals surface area contributed by atoms with Gasteiger partial charge in [0.15, 0.2) is 0 Å². The minimum absolute atomic E-state index is 0.0428. The maximum Gasteiger partial charge on any atom is 0.127 e. The molecular weight excluding hydrogens is 348 g/mol. The first-order valence-electron chi connectivity index (χ1n) is 8.97. The Bertz CT molecular complexity index is 820. The van der Waals surface area contributed by atoms with Crippen molar-refractivity contribution in [1.82, 2.24) is 5.48 Å². The molecule has 0 radical (unpaired) electrons. The van der Waals surface area contributed by atoms with Crippen molar-refractivity contribution in [3.05, 3.63) is 77.1 Å². The van der Waals surface area contributed by atoms with E-state index in [0.29, 0.717) is 11.3 Å². The van der Waals surface area contributed by atoms with Gasteiger partial charge in [-0.25, -0.2) is 8.78 Å². The van der Waals surface area contributed by atoms with Crippen molar-refractivity contribution in [3.63, 3.8) is 0 Å². The fourth-order valence-electron chi connectivity index (χ4n) is 2.97. The van der Waals surface area contributed by atoms with Gasteiger partial charge in [0.25, 0.3) is 0 Å². The second-order valence-electron chi connectivity index (χ2n) is 8.27. The first kappa shape index (κ1) is 19.4. The summed E-state index contributed by atoms with van der Waals surface area (Å²) < 4.78 is 32.1. The molecule has 1 N–H and O–H groups in total. The van der Waals surface area contributed by atoms with Crippen molar-refractivity contribution < 1.29 is 18.4 Å². The van der Waals surface area contributed by atoms with Gasteiger partial charge in [-0.2, -0.15) is 0 Å². The number of halogens is 2. The van der Waals surface area contributed by atoms with Crippen molar-refractivity contribution >= 4 is 0 Å². The van der Waals surface area contributed by atoms with E-state index in [-0.39, 0.29) is 17.6 Å². The lowest BCUT2D eigenvalue weighted by Crippen LogP contribution is -2.37. The van der Waals surface area contributed by atoms with Crippen LogP contribution in [0, 0.1) is 17.0 Å². The fraction of sp³-hybridized carbons (Fsp3) is 0.364. The van der Waals surface area contributed by atoms with E-state index >= 15 is 0 Å². The number of benzene rings is 2. The zero-order valence-electron chi connectivity index (χ0n) is 16.1. The van der Waals surface area contributed by atoms with Crippen LogP contribution >= 0.6 is 0 Å². The fourth-order valence-corrected chi connectivity index (χ4v) is 2.97. The minimum Gasteiger partial charge on any atom is -0.489 e. The molecule has 0 saturated heterocycles. The van der Waals surface area contributed by atoms with Gasteiger partial charge in [-0.15, -0.1) is 5.48 Å². The molecule has 0 fully saturated rings. The predicted molar refractivity (Wildman–Crippen MR) is 101 cm³/mol. The Labute approximate surface area is 159 Å². The number of ether oxygens (including phenoxy) is 1. The van der Waals surface area contributed by atoms with E-state index in [4.69, 9.17) is 9.57 Å². The lowest BCUT2D eigenvalue weighted by Gasteiger charge is -2.21. The molecule has 2 aromatic rings. The number of hydrogen-bond acceptors (Lipinski definition) is 3. The van der Waals surface area contributed by atoms with Crippen molar-refractivity contribution in [2.75, 3.05) is 0 Å². The molecule has 27 heavy (non-hydrogen) atoms. The zero-order valence-corrected chi connectivity index (χ0v) is 16.1. The van der Waals surface area contributed by atoms with Gasteiger partial charge in [0.05, 0.1) is 5.54 Å². The van der Waals surface area contributed by atoms with E-state index in [1.54, 1.807) is 0 Å². The van der Waals surface area contributed by atoms with Crippen LogP contribution in [0.3, 0.4) is 0 Å². The van der Waals surface area contributed by atoms with E-state index in [1.165, 1.54) is 12.1 Å². The molecule has 1 heterocycles. The first-order valence-corrected chi connectivity index (χ1v) is 8.97. The van der Waals surface area contributed by atoms with Crippen LogP contribution in [-0.4, -0.2) is 5.54 Å². The largest absolute Gasteiger partial charge is 0.489 e. The van der Waals surface area contributed by atoms with Gasteiger partial charge >= 0.3 is 0 Å². The molecule has 3 rings (SSSR count). The summed E-state index contributed by atoms with van der Waals surface area (Å²) in [5.41, 5.74) is 4.38. The third-order valence-electron chi connectivity index (χ3n) is 4.41. The molecule has 144 valence electrons. The second-order valence-corrected chi connectivity index (χ2v) is 8.27. The number of hydrogen-bond donors (Lipinski definition) is 1. The Hall–Kier alpha value is -2.40. The van der Waals surface area contributed by atoms with Crippen LogP contribution in [0.2, 0.25) is 0 Å². The van der Waals surface area contributed by atoms with Gasteiger partial charge in [-0.05, 0) is 54.8 Å². The van der Waals surface area contributed by atoms with Gasteiger partial charge in [0.2, 0.25) is 0 Å². The molecule has 1 aliphatic heterocycles. The maximum absolute atomic E-state index is 13.2. The predicted octanol–water partition coefficient (Wildman–Crippen LogP) is 5.31. The molecule has 1 aliphatic rings. The van der Waals surface area contributed by atoms with Crippen LogP contribution in [0.25, 0.3) is 0 Å². The molecule has 3 nitrogen and oxygen atoms in total. The van der Waals surface area contributed by atoms with Gasteiger partial charge in [-0.1, -0.05) is 32.9 Å². The highest BCUT2D eigenvalue weighted by Crippen LogP contribution is 2.33. The summed E-state index contributed by atoms with van der Waals surface area (Å²) in [4.78, 5) is 5.66. The highest BCUT2D eigenvalue weighted by atomic mass is 19.1. The average molecular weight is 373 g/mol. The van der Waals surface area contributed by atoms with E-state index in [1.807, 2.05) is 24.3 Å². The molecule has 2 aromatic carbocycles. The minimum atomic E-state index is -0.605. The number of allylic oxidation sites excluding steroid dienone is 1. The molecule has 1 atom stereocenters. The molecule has 5 heteroatoms. The van der Waals surface area contributed by atoms with Crippen LogP contribution in [-0.2, 0) is 17.9 Å². The van der Waals surface area contributed by atoms with Crippen LogP contribution < -0.4 is 10.2 Å². The number of hydroxylamine groups is 1. The molecule has 1 unspecified atom stereocenters. The summed E-state index contributed by atoms with van der Waals surface area (Å²) in [7, 11) is 0. The quantitative estimate of drug-likeness (QED) is 0.770. The third kappa shape index (κ3) is 5.07. The van der Waals surface area contributed by atoms with Crippen LogP contribution in [0.15, 0.2) is 54.3 Å². The molecule has 0 spiro atoms. The van der Waals surface area contributed by atoms with Crippen LogP contribution in [0.1, 0.15) is 38.8 Å².